The molecule has 0 radical (unpaired) electrons. The summed E-state index contributed by atoms with van der Waals surface area (Å²) in [5, 5.41) is 13.8. The fraction of sp³-hybridized carbons (Fsp3) is 0.649. The van der Waals surface area contributed by atoms with Gasteiger partial charge in [0.05, 0.1) is 31.1 Å². The molecule has 0 spiro atoms. The van der Waals surface area contributed by atoms with Crippen molar-refractivity contribution in [2.45, 2.75) is 127 Å². The molecule has 56 heavy (non-hydrogen) atoms. The maximum atomic E-state index is 14.4. The van der Waals surface area contributed by atoms with Gasteiger partial charge in [-0.1, -0.05) is 37.1 Å². The molecule has 1 aromatic carbocycles. The maximum absolute atomic E-state index is 14.4. The van der Waals surface area contributed by atoms with Crippen LogP contribution in [0.2, 0.25) is 0 Å². The number of nitrogens with one attached hydrogen (secondary N) is 2. The molecule has 1 saturated heterocycles. The molecule has 4 amide bonds. The summed E-state index contributed by atoms with van der Waals surface area (Å²) in [7, 11) is 0. The summed E-state index contributed by atoms with van der Waals surface area (Å²) in [6, 6.07) is 1.75. The zero-order chi connectivity index (χ0) is 41.4. The van der Waals surface area contributed by atoms with Crippen LogP contribution in [0.5, 0.6) is 0 Å². The van der Waals surface area contributed by atoms with Crippen LogP contribution < -0.4 is 10.6 Å². The van der Waals surface area contributed by atoms with E-state index in [2.05, 4.69) is 5.32 Å². The Balaban J connectivity index is 1.42. The molecule has 5 rings (SSSR count). The van der Waals surface area contributed by atoms with Crippen molar-refractivity contribution < 1.29 is 69.3 Å². The lowest BCUT2D eigenvalue weighted by Gasteiger charge is -2.33. The molecule has 19 heteroatoms. The SMILES string of the molecule is CC(C)(C)OC(=O)N[C@H]1CCCCC/C=C\[C@@H]2C[C@@]2(C(=O)NCC(O)(C(F)(F)F)C(F)(F)F)CC(=O)[C@@H]2C[C@@H](OC(=O)N3Cc4cccc(F)c4C3)CN2C1=O. The molecule has 4 aliphatic rings. The summed E-state index contributed by atoms with van der Waals surface area (Å²) in [4.78, 5) is 70.5. The van der Waals surface area contributed by atoms with Gasteiger partial charge in [-0.25, -0.2) is 14.0 Å². The summed E-state index contributed by atoms with van der Waals surface area (Å²) >= 11 is 0. The predicted molar refractivity (Wildman–Crippen MR) is 182 cm³/mol. The van der Waals surface area contributed by atoms with Crippen LogP contribution >= 0.6 is 0 Å². The second-order valence-electron chi connectivity index (χ2n) is 15.9. The van der Waals surface area contributed by atoms with Crippen LogP contribution in [0.25, 0.3) is 0 Å². The molecule has 3 N–H and O–H groups in total. The first-order valence-corrected chi connectivity index (χ1v) is 18.3. The van der Waals surface area contributed by atoms with Crippen molar-refractivity contribution in [2.24, 2.45) is 11.3 Å². The Kier molecular flexibility index (Phi) is 12.1. The van der Waals surface area contributed by atoms with Crippen LogP contribution in [-0.4, -0.2) is 99.5 Å². The van der Waals surface area contributed by atoms with Gasteiger partial charge >= 0.3 is 24.5 Å². The van der Waals surface area contributed by atoms with Gasteiger partial charge in [0.25, 0.3) is 5.60 Å². The Morgan fingerprint density at radius 3 is 2.34 bits per heavy atom. The van der Waals surface area contributed by atoms with Crippen molar-refractivity contribution in [1.29, 1.82) is 0 Å². The molecule has 310 valence electrons. The topological polar surface area (TPSA) is 155 Å². The van der Waals surface area contributed by atoms with Gasteiger partial charge in [-0.15, -0.1) is 0 Å². The number of alkyl carbamates (subject to hydrolysis) is 1. The second-order valence-corrected chi connectivity index (χ2v) is 15.9. The number of hydrogen-bond donors (Lipinski definition) is 3. The molecular formula is C37H45F7N4O8. The maximum Gasteiger partial charge on any atom is 0.428 e. The number of alkyl halides is 6. The molecule has 0 bridgehead atoms. The van der Waals surface area contributed by atoms with Crippen molar-refractivity contribution in [3.05, 3.63) is 47.3 Å². The van der Waals surface area contributed by atoms with E-state index in [4.69, 9.17) is 9.47 Å². The first-order valence-electron chi connectivity index (χ1n) is 18.3. The number of carbonyl (C=O) groups is 5. The number of fused-ring (bicyclic) bond motifs is 3. The van der Waals surface area contributed by atoms with Gasteiger partial charge in [0.1, 0.15) is 23.6 Å². The minimum Gasteiger partial charge on any atom is -0.444 e. The molecular weight excluding hydrogens is 761 g/mol. The molecule has 3 heterocycles. The number of amides is 4. The van der Waals surface area contributed by atoms with Gasteiger partial charge in [0.15, 0.2) is 5.78 Å². The first-order chi connectivity index (χ1) is 26.0. The zero-order valence-corrected chi connectivity index (χ0v) is 31.0. The smallest absolute Gasteiger partial charge is 0.428 e. The molecule has 2 fully saturated rings. The standard InChI is InChI=1S/C37H45F7N4O8/c1-33(2,3)56-31(52)46-26-13-8-6-4-5-7-11-22-15-34(22,30(51)45-20-35(54,36(39,40)41)37(42,43)44)16-28(49)27-14-23(18-48(27)29(26)50)55-32(53)47-17-21-10-9-12-25(38)24(21)19-47/h7,9-12,22-23,26-27,54H,4-6,8,13-20H2,1-3H3,(H,45,51)(H,46,52)/b11-7-/t22-,23-,26+,27+,34-/m1/s1. The molecule has 1 aromatic rings. The third kappa shape index (κ3) is 9.23. The Labute approximate surface area is 318 Å². The van der Waals surface area contributed by atoms with E-state index < -0.39 is 102 Å². The number of benzene rings is 1. The minimum absolute atomic E-state index is 0.0237. The number of rotatable bonds is 5. The van der Waals surface area contributed by atoms with E-state index in [0.29, 0.717) is 36.8 Å². The van der Waals surface area contributed by atoms with E-state index in [1.165, 1.54) is 17.0 Å². The first kappa shape index (κ1) is 42.7. The third-order valence-corrected chi connectivity index (χ3v) is 10.6. The number of nitrogens with zero attached hydrogens (tertiary/aromatic N) is 2. The molecule has 0 unspecified atom stereocenters. The van der Waals surface area contributed by atoms with Gasteiger partial charge < -0.3 is 30.1 Å². The number of allylic oxidation sites excluding steroid dienone is 2. The number of carbonyl (C=O) groups excluding carboxylic acids is 5. The summed E-state index contributed by atoms with van der Waals surface area (Å²) in [6.45, 7) is 2.15. The Bertz CT molecular complexity index is 1710. The average Bonchev–Trinajstić information content (AvgIpc) is 3.38. The van der Waals surface area contributed by atoms with Gasteiger partial charge in [-0.3, -0.25) is 19.3 Å². The number of Topliss-reactive ketones (excluding diaryl/α,β-unsaturated/α-hetero) is 1. The normalized spacial score (nSPS) is 26.9. The Hall–Kier alpha value is -4.42. The number of aliphatic hydroxyl groups is 1. The van der Waals surface area contributed by atoms with Crippen molar-refractivity contribution in [3.8, 4) is 0 Å². The largest absolute Gasteiger partial charge is 0.444 e. The van der Waals surface area contributed by atoms with Gasteiger partial charge in [-0.2, -0.15) is 26.3 Å². The average molecular weight is 807 g/mol. The lowest BCUT2D eigenvalue weighted by Crippen LogP contribution is -2.63. The number of halogens is 7. The predicted octanol–water partition coefficient (Wildman–Crippen LogP) is 5.60. The minimum atomic E-state index is -6.20. The highest BCUT2D eigenvalue weighted by molar-refractivity contribution is 5.97. The highest BCUT2D eigenvalue weighted by Crippen LogP contribution is 2.57. The van der Waals surface area contributed by atoms with Crippen LogP contribution in [-0.2, 0) is 36.9 Å². The number of hydrogen-bond acceptors (Lipinski definition) is 8. The van der Waals surface area contributed by atoms with E-state index >= 15 is 0 Å². The lowest BCUT2D eigenvalue weighted by molar-refractivity contribution is -0.364. The van der Waals surface area contributed by atoms with Crippen molar-refractivity contribution in [2.75, 3.05) is 13.1 Å². The fourth-order valence-electron chi connectivity index (χ4n) is 7.42. The van der Waals surface area contributed by atoms with Crippen LogP contribution in [0.15, 0.2) is 30.4 Å². The van der Waals surface area contributed by atoms with E-state index in [1.807, 2.05) is 0 Å². The molecule has 1 aliphatic carbocycles. The summed E-state index contributed by atoms with van der Waals surface area (Å²) < 4.78 is 106. The van der Waals surface area contributed by atoms with Crippen molar-refractivity contribution in [3.63, 3.8) is 0 Å². The zero-order valence-electron chi connectivity index (χ0n) is 31.0. The van der Waals surface area contributed by atoms with Crippen LogP contribution in [0, 0.1) is 17.2 Å². The monoisotopic (exact) mass is 806 g/mol. The van der Waals surface area contributed by atoms with Gasteiger partial charge in [0, 0.05) is 24.9 Å². The van der Waals surface area contributed by atoms with Crippen molar-refractivity contribution >= 4 is 29.8 Å². The summed E-state index contributed by atoms with van der Waals surface area (Å²) in [6.07, 6.45) is -11.1. The molecule has 5 atom stereocenters. The van der Waals surface area contributed by atoms with Crippen molar-refractivity contribution in [1.82, 2.24) is 20.4 Å². The highest BCUT2D eigenvalue weighted by Gasteiger charge is 2.71. The fourth-order valence-corrected chi connectivity index (χ4v) is 7.42. The summed E-state index contributed by atoms with van der Waals surface area (Å²) in [5.41, 5.74) is -7.18. The highest BCUT2D eigenvalue weighted by atomic mass is 19.4. The Morgan fingerprint density at radius 1 is 1.00 bits per heavy atom. The third-order valence-electron chi connectivity index (χ3n) is 10.6. The van der Waals surface area contributed by atoms with Gasteiger partial charge in [0.2, 0.25) is 11.8 Å². The van der Waals surface area contributed by atoms with E-state index in [-0.39, 0.29) is 38.9 Å². The molecule has 3 aliphatic heterocycles. The molecule has 1 saturated carbocycles. The van der Waals surface area contributed by atoms with Gasteiger partial charge in [-0.05, 0) is 64.0 Å². The molecule has 0 aromatic heterocycles. The lowest BCUT2D eigenvalue weighted by atomic mass is 9.90. The van der Waals surface area contributed by atoms with Crippen LogP contribution in [0.4, 0.5) is 40.3 Å². The second kappa shape index (κ2) is 15.8. The van der Waals surface area contributed by atoms with Crippen LogP contribution in [0.1, 0.15) is 83.3 Å². The van der Waals surface area contributed by atoms with E-state index in [9.17, 15) is 59.8 Å². The summed E-state index contributed by atoms with van der Waals surface area (Å²) in [5.74, 6) is -4.17. The van der Waals surface area contributed by atoms with E-state index in [0.717, 1.165) is 4.90 Å². The Morgan fingerprint density at radius 2 is 1.70 bits per heavy atom. The molecule has 12 nitrogen and oxygen atoms in total. The number of ketones is 1. The van der Waals surface area contributed by atoms with Crippen LogP contribution in [0.3, 0.4) is 0 Å². The quantitative estimate of drug-likeness (QED) is 0.257. The van der Waals surface area contributed by atoms with E-state index in [1.54, 1.807) is 44.3 Å². The number of ether oxygens (including phenoxy) is 2.